The Morgan fingerprint density at radius 2 is 2.08 bits per heavy atom. The van der Waals surface area contributed by atoms with Crippen molar-refractivity contribution in [1.82, 2.24) is 5.32 Å². The molecular formula is C18H26N2O4. The van der Waals surface area contributed by atoms with Crippen molar-refractivity contribution in [3.8, 4) is 11.5 Å². The summed E-state index contributed by atoms with van der Waals surface area (Å²) in [7, 11) is 0. The third-order valence-electron chi connectivity index (χ3n) is 4.58. The van der Waals surface area contributed by atoms with Crippen LogP contribution in [0.1, 0.15) is 45.1 Å². The van der Waals surface area contributed by atoms with Crippen LogP contribution in [0.2, 0.25) is 0 Å². The Hall–Kier alpha value is -1.95. The molecule has 0 aromatic heterocycles. The van der Waals surface area contributed by atoms with Gasteiger partial charge in [0.05, 0.1) is 18.4 Å². The maximum atomic E-state index is 12.3. The first-order valence-corrected chi connectivity index (χ1v) is 8.77. The molecule has 1 aliphatic carbocycles. The molecule has 1 fully saturated rings. The normalized spacial score (nSPS) is 25.5. The average Bonchev–Trinajstić information content (AvgIpc) is 2.89. The third kappa shape index (κ3) is 3.93. The lowest BCUT2D eigenvalue weighted by atomic mass is 9.93. The zero-order chi connectivity index (χ0) is 17.1. The lowest BCUT2D eigenvalue weighted by Gasteiger charge is -2.26. The first-order valence-electron chi connectivity index (χ1n) is 8.77. The van der Waals surface area contributed by atoms with E-state index in [1.54, 1.807) is 0 Å². The van der Waals surface area contributed by atoms with Crippen molar-refractivity contribution < 1.29 is 19.4 Å². The molecule has 0 bridgehead atoms. The number of ether oxygens (including phenoxy) is 2. The van der Waals surface area contributed by atoms with Crippen LogP contribution in [0.25, 0.3) is 0 Å². The molecule has 132 valence electrons. The summed E-state index contributed by atoms with van der Waals surface area (Å²) in [6.45, 7) is 4.48. The number of fused-ring (bicyclic) bond motifs is 1. The average molecular weight is 334 g/mol. The minimum Gasteiger partial charge on any atom is -0.492 e. The highest BCUT2D eigenvalue weighted by atomic mass is 16.5. The number of hydrogen-bond donors (Lipinski definition) is 3. The first-order chi connectivity index (χ1) is 11.5. The Balaban J connectivity index is 1.67. The monoisotopic (exact) mass is 334 g/mol. The quantitative estimate of drug-likeness (QED) is 0.791. The minimum absolute atomic E-state index is 0.106. The second-order valence-corrected chi connectivity index (χ2v) is 6.63. The van der Waals surface area contributed by atoms with E-state index in [2.05, 4.69) is 10.6 Å². The van der Waals surface area contributed by atoms with Crippen molar-refractivity contribution in [3.05, 3.63) is 17.7 Å². The largest absolute Gasteiger partial charge is 0.492 e. The van der Waals surface area contributed by atoms with Gasteiger partial charge in [-0.05, 0) is 45.6 Å². The van der Waals surface area contributed by atoms with E-state index >= 15 is 0 Å². The number of anilines is 1. The summed E-state index contributed by atoms with van der Waals surface area (Å²) >= 11 is 0. The Morgan fingerprint density at radius 1 is 1.33 bits per heavy atom. The number of urea groups is 1. The molecule has 0 radical (unpaired) electrons. The molecule has 0 saturated heterocycles. The summed E-state index contributed by atoms with van der Waals surface area (Å²) in [6.07, 6.45) is 3.85. The summed E-state index contributed by atoms with van der Waals surface area (Å²) in [6, 6.07) is 3.65. The van der Waals surface area contributed by atoms with Crippen LogP contribution in [0.5, 0.6) is 11.5 Å². The molecule has 2 aliphatic rings. The van der Waals surface area contributed by atoms with Crippen LogP contribution in [0.15, 0.2) is 12.1 Å². The predicted octanol–water partition coefficient (Wildman–Crippen LogP) is 2.83. The van der Waals surface area contributed by atoms with E-state index in [0.29, 0.717) is 18.0 Å². The number of rotatable bonds is 4. The molecule has 24 heavy (non-hydrogen) atoms. The molecule has 1 aliphatic heterocycles. The van der Waals surface area contributed by atoms with Crippen LogP contribution in [0.4, 0.5) is 10.5 Å². The highest BCUT2D eigenvalue weighted by Crippen LogP contribution is 2.38. The first kappa shape index (κ1) is 16.9. The standard InChI is InChI=1S/C18H26N2O4/c1-3-23-17-9-12-8-11(2)24-16(12)10-15(17)20-18(22)19-13-4-6-14(21)7-5-13/h9-11,13-14,21H,3-8H2,1-2H3,(H2,19,20,22). The maximum Gasteiger partial charge on any atom is 0.319 e. The van der Waals surface area contributed by atoms with Gasteiger partial charge in [0.1, 0.15) is 17.6 Å². The number of amides is 2. The molecule has 1 unspecified atom stereocenters. The van der Waals surface area contributed by atoms with E-state index in [1.165, 1.54) is 0 Å². The molecule has 0 spiro atoms. The van der Waals surface area contributed by atoms with Crippen molar-refractivity contribution >= 4 is 11.7 Å². The number of carbonyl (C=O) groups excluding carboxylic acids is 1. The van der Waals surface area contributed by atoms with E-state index in [9.17, 15) is 9.90 Å². The van der Waals surface area contributed by atoms with Crippen LogP contribution in [0.3, 0.4) is 0 Å². The number of carbonyl (C=O) groups is 1. The SMILES string of the molecule is CCOc1cc2c(cc1NC(=O)NC1CCC(O)CC1)OC(C)C2. The van der Waals surface area contributed by atoms with Gasteiger partial charge in [-0.25, -0.2) is 4.79 Å². The predicted molar refractivity (Wildman–Crippen MR) is 91.8 cm³/mol. The van der Waals surface area contributed by atoms with Gasteiger partial charge in [0.15, 0.2) is 0 Å². The second-order valence-electron chi connectivity index (χ2n) is 6.63. The molecule has 1 aromatic carbocycles. The third-order valence-corrected chi connectivity index (χ3v) is 4.58. The van der Waals surface area contributed by atoms with Gasteiger partial charge in [-0.1, -0.05) is 0 Å². The summed E-state index contributed by atoms with van der Waals surface area (Å²) in [4.78, 5) is 12.3. The smallest absolute Gasteiger partial charge is 0.319 e. The van der Waals surface area contributed by atoms with E-state index in [4.69, 9.17) is 9.47 Å². The van der Waals surface area contributed by atoms with E-state index in [-0.39, 0.29) is 24.3 Å². The maximum absolute atomic E-state index is 12.3. The Labute approximate surface area is 142 Å². The van der Waals surface area contributed by atoms with Crippen molar-refractivity contribution in [1.29, 1.82) is 0 Å². The summed E-state index contributed by atoms with van der Waals surface area (Å²) < 4.78 is 11.4. The number of nitrogens with one attached hydrogen (secondary N) is 2. The fourth-order valence-corrected chi connectivity index (χ4v) is 3.38. The highest BCUT2D eigenvalue weighted by molar-refractivity contribution is 5.91. The zero-order valence-corrected chi connectivity index (χ0v) is 14.3. The molecule has 6 nitrogen and oxygen atoms in total. The van der Waals surface area contributed by atoms with Crippen LogP contribution >= 0.6 is 0 Å². The zero-order valence-electron chi connectivity index (χ0n) is 14.3. The van der Waals surface area contributed by atoms with Gasteiger partial charge in [-0.2, -0.15) is 0 Å². The van der Waals surface area contributed by atoms with Crippen LogP contribution in [-0.2, 0) is 6.42 Å². The lowest BCUT2D eigenvalue weighted by Crippen LogP contribution is -2.40. The number of benzene rings is 1. The number of aliphatic hydroxyl groups excluding tert-OH is 1. The Kier molecular flexibility index (Phi) is 5.14. The molecule has 2 amide bonds. The Bertz CT molecular complexity index is 597. The number of aliphatic hydroxyl groups is 1. The van der Waals surface area contributed by atoms with Gasteiger partial charge >= 0.3 is 6.03 Å². The molecule has 1 heterocycles. The topological polar surface area (TPSA) is 79.8 Å². The van der Waals surface area contributed by atoms with Crippen LogP contribution < -0.4 is 20.1 Å². The summed E-state index contributed by atoms with van der Waals surface area (Å²) in [5.41, 5.74) is 1.73. The molecule has 1 atom stereocenters. The highest BCUT2D eigenvalue weighted by Gasteiger charge is 2.24. The van der Waals surface area contributed by atoms with Gasteiger partial charge in [0.2, 0.25) is 0 Å². The summed E-state index contributed by atoms with van der Waals surface area (Å²) in [5, 5.41) is 15.4. The minimum atomic E-state index is -0.247. The van der Waals surface area contributed by atoms with Gasteiger partial charge in [0.25, 0.3) is 0 Å². The van der Waals surface area contributed by atoms with E-state index in [0.717, 1.165) is 43.4 Å². The van der Waals surface area contributed by atoms with Crippen molar-refractivity contribution in [2.24, 2.45) is 0 Å². The molecular weight excluding hydrogens is 308 g/mol. The molecule has 3 rings (SSSR count). The molecule has 1 saturated carbocycles. The fourth-order valence-electron chi connectivity index (χ4n) is 3.38. The van der Waals surface area contributed by atoms with Gasteiger partial charge in [-0.15, -0.1) is 0 Å². The van der Waals surface area contributed by atoms with Crippen molar-refractivity contribution in [2.45, 2.75) is 64.2 Å². The fraction of sp³-hybridized carbons (Fsp3) is 0.611. The second kappa shape index (κ2) is 7.30. The summed E-state index contributed by atoms with van der Waals surface area (Å²) in [5.74, 6) is 1.48. The van der Waals surface area contributed by atoms with Crippen molar-refractivity contribution in [2.75, 3.05) is 11.9 Å². The molecule has 6 heteroatoms. The molecule has 3 N–H and O–H groups in total. The van der Waals surface area contributed by atoms with Gasteiger partial charge in [0, 0.05) is 24.1 Å². The molecule has 1 aromatic rings. The van der Waals surface area contributed by atoms with Crippen molar-refractivity contribution in [3.63, 3.8) is 0 Å². The van der Waals surface area contributed by atoms with Crippen LogP contribution in [0, 0.1) is 0 Å². The van der Waals surface area contributed by atoms with Gasteiger partial charge < -0.3 is 25.2 Å². The lowest BCUT2D eigenvalue weighted by molar-refractivity contribution is 0.118. The Morgan fingerprint density at radius 3 is 2.79 bits per heavy atom. The van der Waals surface area contributed by atoms with E-state index < -0.39 is 0 Å². The number of hydrogen-bond acceptors (Lipinski definition) is 4. The van der Waals surface area contributed by atoms with Crippen LogP contribution in [-0.4, -0.2) is 36.0 Å². The van der Waals surface area contributed by atoms with Gasteiger partial charge in [-0.3, -0.25) is 0 Å². The van der Waals surface area contributed by atoms with E-state index in [1.807, 2.05) is 26.0 Å².